The van der Waals surface area contributed by atoms with E-state index in [1.165, 1.54) is 36.9 Å². The number of nitrogens with two attached hydrogens (primary N) is 1. The van der Waals surface area contributed by atoms with Gasteiger partial charge in [0.05, 0.1) is 0 Å². The van der Waals surface area contributed by atoms with Crippen LogP contribution >= 0.6 is 0 Å². The van der Waals surface area contributed by atoms with Crippen molar-refractivity contribution < 1.29 is 8.42 Å². The normalized spacial score (nSPS) is 11.1. The number of hydrogen-bond donors (Lipinski definition) is 2. The Balaban J connectivity index is 2.29. The van der Waals surface area contributed by atoms with E-state index in [1.807, 2.05) is 0 Å². The van der Waals surface area contributed by atoms with Gasteiger partial charge < -0.3 is 5.73 Å². The Morgan fingerprint density at radius 3 is 2.59 bits per heavy atom. The third-order valence-corrected chi connectivity index (χ3v) is 3.23. The van der Waals surface area contributed by atoms with Gasteiger partial charge in [-0.3, -0.25) is 4.72 Å². The summed E-state index contributed by atoms with van der Waals surface area (Å²) in [5.41, 5.74) is 5.38. The molecule has 0 aromatic carbocycles. The lowest BCUT2D eigenvalue weighted by atomic mass is 10.5. The monoisotopic (exact) mass is 251 g/mol. The molecule has 0 aliphatic rings. The molecule has 8 heteroatoms. The van der Waals surface area contributed by atoms with Crippen molar-refractivity contribution in [1.29, 1.82) is 0 Å². The van der Waals surface area contributed by atoms with Gasteiger partial charge in [-0.2, -0.15) is 0 Å². The first kappa shape index (κ1) is 11.3. The maximum Gasteiger partial charge on any atom is 0.264 e. The van der Waals surface area contributed by atoms with Gasteiger partial charge in [0.25, 0.3) is 10.0 Å². The molecule has 0 aliphatic carbocycles. The number of anilines is 2. The molecular formula is C9H9N5O2S. The van der Waals surface area contributed by atoms with Crippen LogP contribution in [-0.4, -0.2) is 23.4 Å². The number of hydrogen-bond acceptors (Lipinski definition) is 6. The van der Waals surface area contributed by atoms with Crippen LogP contribution in [0.4, 0.5) is 11.6 Å². The highest BCUT2D eigenvalue weighted by atomic mass is 32.2. The van der Waals surface area contributed by atoms with Crippen LogP contribution < -0.4 is 10.5 Å². The molecule has 2 aromatic rings. The maximum absolute atomic E-state index is 11.9. The van der Waals surface area contributed by atoms with Gasteiger partial charge in [-0.05, 0) is 18.2 Å². The molecule has 0 saturated carbocycles. The molecule has 0 bridgehead atoms. The van der Waals surface area contributed by atoms with Crippen LogP contribution in [0.15, 0.2) is 41.8 Å². The number of aromatic nitrogens is 3. The van der Waals surface area contributed by atoms with Gasteiger partial charge in [-0.15, -0.1) is 0 Å². The third-order valence-electron chi connectivity index (χ3n) is 1.89. The smallest absolute Gasteiger partial charge is 0.264 e. The number of nitrogen functional groups attached to an aromatic ring is 1. The molecule has 88 valence electrons. The Kier molecular flexibility index (Phi) is 2.88. The third kappa shape index (κ3) is 2.67. The van der Waals surface area contributed by atoms with E-state index in [1.54, 1.807) is 0 Å². The molecule has 0 aliphatic heterocycles. The van der Waals surface area contributed by atoms with Crippen molar-refractivity contribution >= 4 is 21.7 Å². The molecule has 2 heterocycles. The summed E-state index contributed by atoms with van der Waals surface area (Å²) >= 11 is 0. The van der Waals surface area contributed by atoms with Crippen LogP contribution in [0.5, 0.6) is 0 Å². The molecule has 0 spiro atoms. The molecule has 7 nitrogen and oxygen atoms in total. The Hall–Kier alpha value is -2.22. The van der Waals surface area contributed by atoms with E-state index in [9.17, 15) is 8.42 Å². The van der Waals surface area contributed by atoms with Crippen molar-refractivity contribution in [2.45, 2.75) is 4.90 Å². The number of pyridine rings is 1. The predicted molar refractivity (Wildman–Crippen MR) is 61.5 cm³/mol. The highest BCUT2D eigenvalue weighted by Gasteiger charge is 2.14. The fourth-order valence-corrected chi connectivity index (χ4v) is 2.05. The van der Waals surface area contributed by atoms with Crippen LogP contribution in [0, 0.1) is 0 Å². The van der Waals surface area contributed by atoms with Gasteiger partial charge in [-0.25, -0.2) is 23.4 Å². The minimum absolute atomic E-state index is 0.0188. The zero-order valence-corrected chi connectivity index (χ0v) is 9.42. The first-order valence-corrected chi connectivity index (χ1v) is 6.06. The molecular weight excluding hydrogens is 242 g/mol. The second-order valence-corrected chi connectivity index (χ2v) is 4.80. The molecule has 2 rings (SSSR count). The van der Waals surface area contributed by atoms with Gasteiger partial charge >= 0.3 is 0 Å². The molecule has 3 N–H and O–H groups in total. The van der Waals surface area contributed by atoms with Crippen molar-refractivity contribution in [2.75, 3.05) is 10.5 Å². The van der Waals surface area contributed by atoms with Crippen LogP contribution in [0.25, 0.3) is 0 Å². The summed E-state index contributed by atoms with van der Waals surface area (Å²) in [6.07, 6.45) is 3.87. The van der Waals surface area contributed by atoms with Crippen molar-refractivity contribution in [3.8, 4) is 0 Å². The lowest BCUT2D eigenvalue weighted by Gasteiger charge is -2.06. The maximum atomic E-state index is 11.9. The van der Waals surface area contributed by atoms with Gasteiger partial charge in [0.1, 0.15) is 22.9 Å². The highest BCUT2D eigenvalue weighted by Crippen LogP contribution is 2.13. The summed E-state index contributed by atoms with van der Waals surface area (Å²) in [6.45, 7) is 0. The predicted octanol–water partition coefficient (Wildman–Crippen LogP) is 0.255. The summed E-state index contributed by atoms with van der Waals surface area (Å²) in [5.74, 6) is 0.447. The SMILES string of the molecule is Nc1ccc(S(=O)(=O)Nc2ccncn2)cn1. The molecule has 0 amide bonds. The minimum atomic E-state index is -3.69. The highest BCUT2D eigenvalue weighted by molar-refractivity contribution is 7.92. The summed E-state index contributed by atoms with van der Waals surface area (Å²) in [7, 11) is -3.69. The lowest BCUT2D eigenvalue weighted by molar-refractivity contribution is 0.600. The van der Waals surface area contributed by atoms with E-state index in [0.717, 1.165) is 0 Å². The molecule has 2 aromatic heterocycles. The lowest BCUT2D eigenvalue weighted by Crippen LogP contribution is -2.14. The Morgan fingerprint density at radius 2 is 2.00 bits per heavy atom. The topological polar surface area (TPSA) is 111 Å². The van der Waals surface area contributed by atoms with Crippen molar-refractivity contribution in [1.82, 2.24) is 15.0 Å². The van der Waals surface area contributed by atoms with Gasteiger partial charge in [-0.1, -0.05) is 0 Å². The fraction of sp³-hybridized carbons (Fsp3) is 0. The number of nitrogens with one attached hydrogen (secondary N) is 1. The molecule has 17 heavy (non-hydrogen) atoms. The Morgan fingerprint density at radius 1 is 1.18 bits per heavy atom. The molecule has 0 unspecified atom stereocenters. The average Bonchev–Trinajstić information content (AvgIpc) is 2.30. The van der Waals surface area contributed by atoms with Gasteiger partial charge in [0.15, 0.2) is 0 Å². The summed E-state index contributed by atoms with van der Waals surface area (Å²) < 4.78 is 26.0. The molecule has 0 radical (unpaired) electrons. The summed E-state index contributed by atoms with van der Waals surface area (Å²) in [6, 6.07) is 4.22. The molecule has 0 atom stereocenters. The van der Waals surface area contributed by atoms with E-state index in [0.29, 0.717) is 0 Å². The first-order chi connectivity index (χ1) is 8.08. The molecule has 0 fully saturated rings. The quantitative estimate of drug-likeness (QED) is 0.809. The standard InChI is InChI=1S/C9H9N5O2S/c10-8-2-1-7(5-12-8)17(15,16)14-9-3-4-11-6-13-9/h1-6H,(H2,10,12)(H,11,13,14). The number of sulfonamides is 1. The van der Waals surface area contributed by atoms with Crippen molar-refractivity contribution in [2.24, 2.45) is 0 Å². The van der Waals surface area contributed by atoms with Crippen LogP contribution in [0.3, 0.4) is 0 Å². The summed E-state index contributed by atoms with van der Waals surface area (Å²) in [4.78, 5) is 11.2. The van der Waals surface area contributed by atoms with Crippen molar-refractivity contribution in [3.63, 3.8) is 0 Å². The van der Waals surface area contributed by atoms with Crippen LogP contribution in [0.1, 0.15) is 0 Å². The van der Waals surface area contributed by atoms with Gasteiger partial charge in [0, 0.05) is 12.4 Å². The largest absolute Gasteiger partial charge is 0.384 e. The average molecular weight is 251 g/mol. The van der Waals surface area contributed by atoms with Gasteiger partial charge in [0.2, 0.25) is 0 Å². The van der Waals surface area contributed by atoms with E-state index < -0.39 is 10.0 Å². The van der Waals surface area contributed by atoms with E-state index in [-0.39, 0.29) is 16.5 Å². The minimum Gasteiger partial charge on any atom is -0.384 e. The number of nitrogens with zero attached hydrogens (tertiary/aromatic N) is 3. The second-order valence-electron chi connectivity index (χ2n) is 3.12. The second kappa shape index (κ2) is 4.34. The van der Waals surface area contributed by atoms with Crippen LogP contribution in [-0.2, 0) is 10.0 Å². The van der Waals surface area contributed by atoms with E-state index in [4.69, 9.17) is 5.73 Å². The zero-order valence-electron chi connectivity index (χ0n) is 8.61. The summed E-state index contributed by atoms with van der Waals surface area (Å²) in [5, 5.41) is 0. The van der Waals surface area contributed by atoms with E-state index in [2.05, 4.69) is 19.7 Å². The number of rotatable bonds is 3. The Labute approximate surface area is 97.8 Å². The Bertz CT molecular complexity index is 597. The fourth-order valence-electron chi connectivity index (χ4n) is 1.10. The van der Waals surface area contributed by atoms with E-state index >= 15 is 0 Å². The van der Waals surface area contributed by atoms with Crippen molar-refractivity contribution in [3.05, 3.63) is 36.9 Å². The van der Waals surface area contributed by atoms with Crippen LogP contribution in [0.2, 0.25) is 0 Å². The zero-order chi connectivity index (χ0) is 12.3. The molecule has 0 saturated heterocycles. The first-order valence-electron chi connectivity index (χ1n) is 4.58.